The Morgan fingerprint density at radius 2 is 2.14 bits per heavy atom. The molecule has 1 heterocycles. The molecule has 0 spiro atoms. The summed E-state index contributed by atoms with van der Waals surface area (Å²) in [6.45, 7) is 3.80. The van der Waals surface area contributed by atoms with E-state index in [1.165, 1.54) is 19.9 Å². The third-order valence-electron chi connectivity index (χ3n) is 3.46. The third kappa shape index (κ3) is 4.41. The van der Waals surface area contributed by atoms with Gasteiger partial charge in [0.25, 0.3) is 0 Å². The molecule has 2 unspecified atom stereocenters. The van der Waals surface area contributed by atoms with Gasteiger partial charge in [-0.3, -0.25) is 4.79 Å². The van der Waals surface area contributed by atoms with E-state index in [1.807, 2.05) is 0 Å². The van der Waals surface area contributed by atoms with Gasteiger partial charge in [-0.1, -0.05) is 13.0 Å². The first kappa shape index (κ1) is 18.9. The first-order valence-electron chi connectivity index (χ1n) is 6.93. The van der Waals surface area contributed by atoms with Crippen molar-refractivity contribution in [3.8, 4) is 0 Å². The summed E-state index contributed by atoms with van der Waals surface area (Å²) < 4.78 is 27.6. The van der Waals surface area contributed by atoms with Crippen molar-refractivity contribution in [1.29, 1.82) is 0 Å². The number of primary amides is 1. The van der Waals surface area contributed by atoms with Crippen molar-refractivity contribution in [3.63, 3.8) is 0 Å². The number of allylic oxidation sites excluding steroid dienone is 3. The molecule has 5 N–H and O–H groups in total. The highest BCUT2D eigenvalue weighted by Crippen LogP contribution is 2.40. The lowest BCUT2D eigenvalue weighted by Gasteiger charge is -2.20. The Balaban J connectivity index is 3.22. The lowest BCUT2D eigenvalue weighted by atomic mass is 9.94. The summed E-state index contributed by atoms with van der Waals surface area (Å²) in [6, 6.07) is 0. The van der Waals surface area contributed by atoms with Crippen molar-refractivity contribution in [2.45, 2.75) is 38.2 Å². The smallest absolute Gasteiger partial charge is 0.226 e. The Bertz CT molecular complexity index is 536. The van der Waals surface area contributed by atoms with Crippen LogP contribution in [0.15, 0.2) is 34.0 Å². The number of alkyl halides is 1. The van der Waals surface area contributed by atoms with E-state index >= 15 is 0 Å². The fourth-order valence-corrected chi connectivity index (χ4v) is 3.30. The van der Waals surface area contributed by atoms with Gasteiger partial charge in [-0.15, -0.1) is 11.8 Å². The van der Waals surface area contributed by atoms with E-state index in [2.05, 4.69) is 0 Å². The summed E-state index contributed by atoms with van der Waals surface area (Å²) in [5.41, 5.74) is 10.0. The topological polar surface area (TPSA) is 89.3 Å². The molecule has 0 aromatic rings. The van der Waals surface area contributed by atoms with Crippen molar-refractivity contribution >= 4 is 17.7 Å². The van der Waals surface area contributed by atoms with E-state index in [0.717, 1.165) is 17.8 Å². The maximum atomic E-state index is 14.4. The van der Waals surface area contributed by atoms with E-state index in [1.54, 1.807) is 6.92 Å². The van der Waals surface area contributed by atoms with Gasteiger partial charge in [-0.2, -0.15) is 0 Å². The van der Waals surface area contributed by atoms with E-state index in [0.29, 0.717) is 12.0 Å². The summed E-state index contributed by atoms with van der Waals surface area (Å²) in [6.07, 6.45) is 2.96. The molecule has 1 aliphatic heterocycles. The Kier molecular flexibility index (Phi) is 6.34. The number of aliphatic hydroxyl groups is 1. The zero-order valence-corrected chi connectivity index (χ0v) is 13.7. The molecule has 1 aliphatic rings. The number of hydrogen-bond donors (Lipinski definition) is 3. The standard InChI is InChI=1S/C15H22F2N2O2S/c1-4-8(15(2,3)21)5-11(17)10(7-16)12-6-9(13(18)20)14(19)22-12/h5-6,9,14,21H,4,7,19H2,1-3H3,(H2,18,20)/b8-5+,11-10-. The second-order valence-electron chi connectivity index (χ2n) is 5.58. The quantitative estimate of drug-likeness (QED) is 0.651. The first-order valence-corrected chi connectivity index (χ1v) is 7.81. The zero-order chi connectivity index (χ0) is 17.1. The van der Waals surface area contributed by atoms with Gasteiger partial charge in [-0.05, 0) is 31.9 Å². The maximum absolute atomic E-state index is 14.4. The van der Waals surface area contributed by atoms with E-state index in [-0.39, 0.29) is 10.5 Å². The molecule has 0 radical (unpaired) electrons. The minimum atomic E-state index is -1.20. The van der Waals surface area contributed by atoms with Crippen LogP contribution in [0.3, 0.4) is 0 Å². The molecular formula is C15H22F2N2O2S. The molecule has 2 atom stereocenters. The highest BCUT2D eigenvalue weighted by Gasteiger charge is 2.32. The van der Waals surface area contributed by atoms with Crippen molar-refractivity contribution in [3.05, 3.63) is 34.0 Å². The molecular weight excluding hydrogens is 310 g/mol. The molecule has 0 saturated carbocycles. The molecule has 0 aromatic carbocycles. The molecule has 0 fully saturated rings. The molecule has 0 bridgehead atoms. The average Bonchev–Trinajstić information content (AvgIpc) is 2.77. The molecule has 4 nitrogen and oxygen atoms in total. The van der Waals surface area contributed by atoms with E-state index in [9.17, 15) is 18.7 Å². The molecule has 1 rings (SSSR count). The van der Waals surface area contributed by atoms with E-state index in [4.69, 9.17) is 11.5 Å². The Hall–Kier alpha value is -1.18. The van der Waals surface area contributed by atoms with Crippen LogP contribution < -0.4 is 11.5 Å². The normalized spacial score (nSPS) is 24.1. The van der Waals surface area contributed by atoms with Crippen LogP contribution in [0.1, 0.15) is 27.2 Å². The van der Waals surface area contributed by atoms with Gasteiger partial charge < -0.3 is 16.6 Å². The summed E-state index contributed by atoms with van der Waals surface area (Å²) in [5.74, 6) is -2.16. The Morgan fingerprint density at radius 1 is 1.55 bits per heavy atom. The number of nitrogens with two attached hydrogens (primary N) is 2. The van der Waals surface area contributed by atoms with Gasteiger partial charge in [0.15, 0.2) is 0 Å². The largest absolute Gasteiger partial charge is 0.386 e. The summed E-state index contributed by atoms with van der Waals surface area (Å²) in [5, 5.41) is 9.30. The Morgan fingerprint density at radius 3 is 2.50 bits per heavy atom. The predicted molar refractivity (Wildman–Crippen MR) is 85.1 cm³/mol. The van der Waals surface area contributed by atoms with Crippen molar-refractivity contribution in [1.82, 2.24) is 0 Å². The number of rotatable bonds is 6. The number of carbonyl (C=O) groups excluding carboxylic acids is 1. The molecule has 124 valence electrons. The van der Waals surface area contributed by atoms with Crippen LogP contribution in [-0.4, -0.2) is 28.7 Å². The van der Waals surface area contributed by atoms with Crippen LogP contribution in [0.2, 0.25) is 0 Å². The van der Waals surface area contributed by atoms with Gasteiger partial charge in [0, 0.05) is 10.5 Å². The number of amides is 1. The van der Waals surface area contributed by atoms with Gasteiger partial charge in [0.2, 0.25) is 5.91 Å². The molecule has 0 aromatic heterocycles. The van der Waals surface area contributed by atoms with Crippen molar-refractivity contribution < 1.29 is 18.7 Å². The van der Waals surface area contributed by atoms with E-state index < -0.39 is 35.3 Å². The molecule has 22 heavy (non-hydrogen) atoms. The number of thioether (sulfide) groups is 1. The highest BCUT2D eigenvalue weighted by molar-refractivity contribution is 8.04. The van der Waals surface area contributed by atoms with Crippen LogP contribution in [-0.2, 0) is 4.79 Å². The lowest BCUT2D eigenvalue weighted by molar-refractivity contribution is -0.120. The predicted octanol–water partition coefficient (Wildman–Crippen LogP) is 2.30. The van der Waals surface area contributed by atoms with Crippen molar-refractivity contribution in [2.24, 2.45) is 17.4 Å². The minimum absolute atomic E-state index is 0.181. The minimum Gasteiger partial charge on any atom is -0.386 e. The summed E-state index contributed by atoms with van der Waals surface area (Å²) >= 11 is 1.01. The molecule has 0 saturated heterocycles. The van der Waals surface area contributed by atoms with Crippen LogP contribution in [0, 0.1) is 5.92 Å². The van der Waals surface area contributed by atoms with Gasteiger partial charge in [0.1, 0.15) is 12.5 Å². The van der Waals surface area contributed by atoms with Gasteiger partial charge >= 0.3 is 0 Å². The first-order chi connectivity index (χ1) is 10.1. The lowest BCUT2D eigenvalue weighted by Crippen LogP contribution is -2.33. The average molecular weight is 332 g/mol. The second-order valence-corrected chi connectivity index (χ2v) is 6.80. The molecule has 0 aliphatic carbocycles. The second kappa shape index (κ2) is 7.39. The van der Waals surface area contributed by atoms with Crippen LogP contribution >= 0.6 is 11.8 Å². The fourth-order valence-electron chi connectivity index (χ4n) is 2.13. The van der Waals surface area contributed by atoms with Gasteiger partial charge in [0.05, 0.1) is 16.9 Å². The van der Waals surface area contributed by atoms with Crippen LogP contribution in [0.5, 0.6) is 0 Å². The fraction of sp³-hybridized carbons (Fsp3) is 0.533. The highest BCUT2D eigenvalue weighted by atomic mass is 32.2. The van der Waals surface area contributed by atoms with Crippen LogP contribution in [0.25, 0.3) is 0 Å². The number of carbonyl (C=O) groups is 1. The maximum Gasteiger partial charge on any atom is 0.226 e. The third-order valence-corrected chi connectivity index (χ3v) is 4.67. The molecule has 1 amide bonds. The van der Waals surface area contributed by atoms with Crippen LogP contribution in [0.4, 0.5) is 8.78 Å². The summed E-state index contributed by atoms with van der Waals surface area (Å²) in [4.78, 5) is 11.5. The summed E-state index contributed by atoms with van der Waals surface area (Å²) in [7, 11) is 0. The molecule has 7 heteroatoms. The number of halogens is 2. The van der Waals surface area contributed by atoms with Gasteiger partial charge in [-0.25, -0.2) is 8.78 Å². The SMILES string of the molecule is CC/C(=C\C(F)=C(/CF)C1=CC(C(N)=O)C(N)S1)C(C)(C)O. The monoisotopic (exact) mass is 332 g/mol. The number of hydrogen-bond acceptors (Lipinski definition) is 4. The Labute approximate surface area is 133 Å². The zero-order valence-electron chi connectivity index (χ0n) is 12.9. The van der Waals surface area contributed by atoms with Crippen molar-refractivity contribution in [2.75, 3.05) is 6.67 Å².